The third kappa shape index (κ3) is 9.74. The van der Waals surface area contributed by atoms with Gasteiger partial charge in [-0.15, -0.1) is 0 Å². The standard InChI is InChI=1S/C26H38N2O/c1-3-5-7-9-11-13-15-23-16-18-24(19-17-23)26-27-21-25(22-28-26)29-20-14-12-10-8-6-4-2/h12,14,16-19,21-22H,3-11,13,15,20H2,1-2H3/b14-12+. The van der Waals surface area contributed by atoms with Gasteiger partial charge in [0.1, 0.15) is 6.61 Å². The summed E-state index contributed by atoms with van der Waals surface area (Å²) in [7, 11) is 0. The van der Waals surface area contributed by atoms with Crippen molar-refractivity contribution in [1.29, 1.82) is 0 Å². The lowest BCUT2D eigenvalue weighted by atomic mass is 10.0. The average Bonchev–Trinajstić information content (AvgIpc) is 2.76. The fourth-order valence-corrected chi connectivity index (χ4v) is 3.31. The molecule has 158 valence electrons. The van der Waals surface area contributed by atoms with Gasteiger partial charge in [-0.3, -0.25) is 0 Å². The van der Waals surface area contributed by atoms with E-state index in [1.807, 2.05) is 0 Å². The van der Waals surface area contributed by atoms with E-state index in [4.69, 9.17) is 4.74 Å². The van der Waals surface area contributed by atoms with Crippen molar-refractivity contribution in [1.82, 2.24) is 9.97 Å². The molecule has 29 heavy (non-hydrogen) atoms. The van der Waals surface area contributed by atoms with E-state index in [0.717, 1.165) is 24.2 Å². The first-order valence-electron chi connectivity index (χ1n) is 11.5. The summed E-state index contributed by atoms with van der Waals surface area (Å²) in [6.45, 7) is 5.06. The van der Waals surface area contributed by atoms with E-state index in [2.05, 4.69) is 60.2 Å². The Morgan fingerprint density at radius 3 is 2.14 bits per heavy atom. The molecule has 1 heterocycles. The molecule has 0 spiro atoms. The molecule has 3 heteroatoms. The summed E-state index contributed by atoms with van der Waals surface area (Å²) in [4.78, 5) is 8.92. The molecular weight excluding hydrogens is 356 g/mol. The van der Waals surface area contributed by atoms with Crippen LogP contribution in [0.2, 0.25) is 0 Å². The Labute approximate surface area is 177 Å². The van der Waals surface area contributed by atoms with E-state index in [1.54, 1.807) is 12.4 Å². The van der Waals surface area contributed by atoms with Crippen LogP contribution in [0.15, 0.2) is 48.8 Å². The fraction of sp³-hybridized carbons (Fsp3) is 0.538. The van der Waals surface area contributed by atoms with E-state index in [9.17, 15) is 0 Å². The van der Waals surface area contributed by atoms with E-state index < -0.39 is 0 Å². The average molecular weight is 395 g/mol. The Bertz CT molecular complexity index is 677. The lowest BCUT2D eigenvalue weighted by Gasteiger charge is -2.06. The van der Waals surface area contributed by atoms with Crippen LogP contribution in [0.3, 0.4) is 0 Å². The molecule has 0 aliphatic rings. The van der Waals surface area contributed by atoms with Crippen molar-refractivity contribution in [3.63, 3.8) is 0 Å². The van der Waals surface area contributed by atoms with Crippen LogP contribution in [0, 0.1) is 0 Å². The van der Waals surface area contributed by atoms with Crippen molar-refractivity contribution in [2.75, 3.05) is 6.61 Å². The summed E-state index contributed by atoms with van der Waals surface area (Å²) in [5.74, 6) is 1.46. The number of ether oxygens (including phenoxy) is 1. The van der Waals surface area contributed by atoms with Crippen LogP contribution in [0.5, 0.6) is 5.75 Å². The molecule has 0 radical (unpaired) electrons. The van der Waals surface area contributed by atoms with Gasteiger partial charge in [0.2, 0.25) is 0 Å². The molecule has 0 N–H and O–H groups in total. The summed E-state index contributed by atoms with van der Waals surface area (Å²) in [5, 5.41) is 0. The SMILES string of the molecule is CCCCC/C=C/COc1cnc(-c2ccc(CCCCCCCC)cc2)nc1. The fourth-order valence-electron chi connectivity index (χ4n) is 3.31. The number of hydrogen-bond acceptors (Lipinski definition) is 3. The minimum Gasteiger partial charge on any atom is -0.486 e. The van der Waals surface area contributed by atoms with E-state index >= 15 is 0 Å². The van der Waals surface area contributed by atoms with Gasteiger partial charge in [0.05, 0.1) is 12.4 Å². The zero-order chi connectivity index (χ0) is 20.6. The van der Waals surface area contributed by atoms with Gasteiger partial charge in [0.15, 0.2) is 11.6 Å². The van der Waals surface area contributed by atoms with Gasteiger partial charge in [0.25, 0.3) is 0 Å². The third-order valence-electron chi connectivity index (χ3n) is 5.15. The topological polar surface area (TPSA) is 35.0 Å². The molecule has 1 aromatic heterocycles. The Hall–Kier alpha value is -2.16. The van der Waals surface area contributed by atoms with Gasteiger partial charge in [-0.2, -0.15) is 0 Å². The maximum Gasteiger partial charge on any atom is 0.159 e. The highest BCUT2D eigenvalue weighted by Crippen LogP contribution is 2.18. The Kier molecular flexibility index (Phi) is 11.8. The zero-order valence-corrected chi connectivity index (χ0v) is 18.4. The highest BCUT2D eigenvalue weighted by atomic mass is 16.5. The summed E-state index contributed by atoms with van der Waals surface area (Å²) in [5.41, 5.74) is 2.45. The molecule has 1 aromatic carbocycles. The first-order valence-corrected chi connectivity index (χ1v) is 11.5. The summed E-state index contributed by atoms with van der Waals surface area (Å²) in [6, 6.07) is 8.67. The zero-order valence-electron chi connectivity index (χ0n) is 18.4. The molecule has 0 fully saturated rings. The van der Waals surface area contributed by atoms with Crippen molar-refractivity contribution in [3.8, 4) is 17.1 Å². The van der Waals surface area contributed by atoms with Gasteiger partial charge in [0, 0.05) is 5.56 Å². The summed E-state index contributed by atoms with van der Waals surface area (Å²) < 4.78 is 5.69. The molecule has 0 amide bonds. The number of hydrogen-bond donors (Lipinski definition) is 0. The van der Waals surface area contributed by atoms with Crippen LogP contribution in [-0.2, 0) is 6.42 Å². The Morgan fingerprint density at radius 2 is 1.41 bits per heavy atom. The monoisotopic (exact) mass is 394 g/mol. The van der Waals surface area contributed by atoms with Gasteiger partial charge >= 0.3 is 0 Å². The first kappa shape index (κ1) is 23.1. The van der Waals surface area contributed by atoms with Crippen LogP contribution >= 0.6 is 0 Å². The number of unbranched alkanes of at least 4 members (excludes halogenated alkanes) is 8. The van der Waals surface area contributed by atoms with E-state index in [1.165, 1.54) is 63.4 Å². The van der Waals surface area contributed by atoms with E-state index in [0.29, 0.717) is 12.4 Å². The van der Waals surface area contributed by atoms with Gasteiger partial charge in [-0.25, -0.2) is 9.97 Å². The smallest absolute Gasteiger partial charge is 0.159 e. The lowest BCUT2D eigenvalue weighted by Crippen LogP contribution is -1.96. The molecular formula is C26H38N2O. The predicted octanol–water partition coefficient (Wildman–Crippen LogP) is 7.56. The van der Waals surface area contributed by atoms with Crippen molar-refractivity contribution in [2.24, 2.45) is 0 Å². The number of rotatable bonds is 15. The predicted molar refractivity (Wildman–Crippen MR) is 123 cm³/mol. The van der Waals surface area contributed by atoms with E-state index in [-0.39, 0.29) is 0 Å². The van der Waals surface area contributed by atoms with Crippen LogP contribution < -0.4 is 4.74 Å². The highest BCUT2D eigenvalue weighted by Gasteiger charge is 2.03. The first-order chi connectivity index (χ1) is 14.3. The molecule has 0 atom stereocenters. The largest absolute Gasteiger partial charge is 0.486 e. The Balaban J connectivity index is 1.72. The molecule has 3 nitrogen and oxygen atoms in total. The molecule has 2 rings (SSSR count). The molecule has 0 aliphatic heterocycles. The quantitative estimate of drug-likeness (QED) is 0.231. The van der Waals surface area contributed by atoms with Gasteiger partial charge < -0.3 is 4.74 Å². The van der Waals surface area contributed by atoms with Crippen molar-refractivity contribution >= 4 is 0 Å². The third-order valence-corrected chi connectivity index (χ3v) is 5.15. The van der Waals surface area contributed by atoms with Crippen LogP contribution in [0.4, 0.5) is 0 Å². The normalized spacial score (nSPS) is 11.2. The van der Waals surface area contributed by atoms with Crippen LogP contribution in [-0.4, -0.2) is 16.6 Å². The number of aryl methyl sites for hydroxylation is 1. The second-order valence-corrected chi connectivity index (χ2v) is 7.74. The molecule has 2 aromatic rings. The lowest BCUT2D eigenvalue weighted by molar-refractivity contribution is 0.359. The molecule has 0 unspecified atom stereocenters. The second kappa shape index (κ2) is 14.8. The van der Waals surface area contributed by atoms with Gasteiger partial charge in [-0.1, -0.05) is 95.2 Å². The van der Waals surface area contributed by atoms with Crippen LogP contribution in [0.1, 0.15) is 83.6 Å². The van der Waals surface area contributed by atoms with Gasteiger partial charge in [-0.05, 0) is 31.2 Å². The van der Waals surface area contributed by atoms with Crippen molar-refractivity contribution < 1.29 is 4.74 Å². The number of aromatic nitrogens is 2. The molecule has 0 aliphatic carbocycles. The molecule has 0 saturated carbocycles. The van der Waals surface area contributed by atoms with Crippen molar-refractivity contribution in [2.45, 2.75) is 84.5 Å². The summed E-state index contributed by atoms with van der Waals surface area (Å²) >= 11 is 0. The number of allylic oxidation sites excluding steroid dienone is 1. The number of benzene rings is 1. The minimum absolute atomic E-state index is 0.571. The highest BCUT2D eigenvalue weighted by molar-refractivity contribution is 5.55. The second-order valence-electron chi connectivity index (χ2n) is 7.74. The molecule has 0 saturated heterocycles. The summed E-state index contributed by atoms with van der Waals surface area (Å²) in [6.07, 6.45) is 21.9. The van der Waals surface area contributed by atoms with Crippen molar-refractivity contribution in [3.05, 3.63) is 54.4 Å². The maximum atomic E-state index is 5.69. The van der Waals surface area contributed by atoms with Crippen LogP contribution in [0.25, 0.3) is 11.4 Å². The molecule has 0 bridgehead atoms. The maximum absolute atomic E-state index is 5.69. The Morgan fingerprint density at radius 1 is 0.759 bits per heavy atom. The minimum atomic E-state index is 0.571. The number of nitrogens with zero attached hydrogens (tertiary/aromatic N) is 2.